The molecule has 1 amide bonds. The van der Waals surface area contributed by atoms with E-state index >= 15 is 0 Å². The number of methoxy groups -OCH3 is 1. The molecule has 1 saturated carbocycles. The van der Waals surface area contributed by atoms with Crippen molar-refractivity contribution in [1.29, 1.82) is 0 Å². The summed E-state index contributed by atoms with van der Waals surface area (Å²) in [5.41, 5.74) is 1.43. The third-order valence-electron chi connectivity index (χ3n) is 6.30. The Balaban J connectivity index is 1.26. The summed E-state index contributed by atoms with van der Waals surface area (Å²) in [5.74, 6) is 1.26. The van der Waals surface area contributed by atoms with E-state index < -0.39 is 5.60 Å². The number of anilines is 1. The second kappa shape index (κ2) is 10.1. The number of hydrogen-bond donors (Lipinski definition) is 3. The lowest BCUT2D eigenvalue weighted by atomic mass is 9.78. The minimum Gasteiger partial charge on any atom is -0.497 e. The Bertz CT molecular complexity index is 1050. The van der Waals surface area contributed by atoms with Crippen molar-refractivity contribution in [3.05, 3.63) is 60.4 Å². The van der Waals surface area contributed by atoms with Crippen molar-refractivity contribution in [1.82, 2.24) is 15.3 Å². The molecule has 1 fully saturated rings. The Morgan fingerprint density at radius 3 is 2.75 bits per heavy atom. The van der Waals surface area contributed by atoms with E-state index in [1.165, 1.54) is 5.56 Å². The van der Waals surface area contributed by atoms with Gasteiger partial charge in [0.05, 0.1) is 24.8 Å². The van der Waals surface area contributed by atoms with Gasteiger partial charge >= 0.3 is 0 Å². The smallest absolute Gasteiger partial charge is 0.239 e. The Morgan fingerprint density at radius 1 is 1.16 bits per heavy atom. The molecule has 0 radical (unpaired) electrons. The number of carbonyl (C=O) groups excluding carboxylic acids is 1. The quantitative estimate of drug-likeness (QED) is 0.502. The summed E-state index contributed by atoms with van der Waals surface area (Å²) in [6.07, 6.45) is 8.10. The van der Waals surface area contributed by atoms with Crippen LogP contribution in [0.1, 0.15) is 37.7 Å². The average Bonchev–Trinajstić information content (AvgIpc) is 2.83. The van der Waals surface area contributed by atoms with Crippen molar-refractivity contribution >= 4 is 22.6 Å². The molecular weight excluding hydrogens is 404 g/mol. The molecule has 7 nitrogen and oxygen atoms in total. The van der Waals surface area contributed by atoms with Gasteiger partial charge in [-0.1, -0.05) is 6.07 Å². The van der Waals surface area contributed by atoms with Crippen LogP contribution in [0.2, 0.25) is 0 Å². The van der Waals surface area contributed by atoms with Crippen molar-refractivity contribution in [2.45, 2.75) is 50.2 Å². The molecule has 168 valence electrons. The van der Waals surface area contributed by atoms with Gasteiger partial charge in [0, 0.05) is 23.8 Å². The molecule has 1 aromatic carbocycles. The number of nitrogens with one attached hydrogen (secondary N) is 2. The van der Waals surface area contributed by atoms with Gasteiger partial charge in [-0.15, -0.1) is 0 Å². The first-order chi connectivity index (χ1) is 15.5. The number of aryl methyl sites for hydroxylation is 1. The van der Waals surface area contributed by atoms with Crippen LogP contribution in [0.15, 0.2) is 54.9 Å². The van der Waals surface area contributed by atoms with Gasteiger partial charge in [-0.3, -0.25) is 9.78 Å². The summed E-state index contributed by atoms with van der Waals surface area (Å²) in [4.78, 5) is 20.7. The van der Waals surface area contributed by atoms with Crippen molar-refractivity contribution < 1.29 is 14.6 Å². The Labute approximate surface area is 188 Å². The number of rotatable bonds is 8. The van der Waals surface area contributed by atoms with E-state index in [1.54, 1.807) is 19.4 Å². The summed E-state index contributed by atoms with van der Waals surface area (Å²) < 4.78 is 5.36. The summed E-state index contributed by atoms with van der Waals surface area (Å²) in [7, 11) is 1.66. The Kier molecular flexibility index (Phi) is 6.97. The van der Waals surface area contributed by atoms with E-state index in [0.29, 0.717) is 12.2 Å². The molecule has 32 heavy (non-hydrogen) atoms. The van der Waals surface area contributed by atoms with Crippen molar-refractivity contribution in [3.63, 3.8) is 0 Å². The van der Waals surface area contributed by atoms with Crippen LogP contribution >= 0.6 is 0 Å². The minimum absolute atomic E-state index is 0.107. The third kappa shape index (κ3) is 5.60. The van der Waals surface area contributed by atoms with E-state index in [0.717, 1.165) is 48.8 Å². The number of amides is 1. The highest BCUT2D eigenvalue weighted by Crippen LogP contribution is 2.33. The van der Waals surface area contributed by atoms with E-state index in [-0.39, 0.29) is 18.5 Å². The van der Waals surface area contributed by atoms with Gasteiger partial charge in [0.25, 0.3) is 0 Å². The minimum atomic E-state index is -0.678. The maximum absolute atomic E-state index is 12.1. The molecule has 0 saturated heterocycles. The van der Waals surface area contributed by atoms with Crippen LogP contribution in [-0.2, 0) is 11.2 Å². The highest BCUT2D eigenvalue weighted by Gasteiger charge is 2.33. The monoisotopic (exact) mass is 434 g/mol. The molecule has 0 bridgehead atoms. The first kappa shape index (κ1) is 22.2. The number of nitrogens with zero attached hydrogens (tertiary/aromatic N) is 2. The van der Waals surface area contributed by atoms with Crippen molar-refractivity contribution in [3.8, 4) is 5.75 Å². The van der Waals surface area contributed by atoms with E-state index in [1.807, 2.05) is 42.6 Å². The molecule has 0 unspecified atom stereocenters. The number of aromatic nitrogens is 2. The number of fused-ring (bicyclic) bond motifs is 1. The summed E-state index contributed by atoms with van der Waals surface area (Å²) in [5, 5.41) is 18.3. The highest BCUT2D eigenvalue weighted by atomic mass is 16.5. The summed E-state index contributed by atoms with van der Waals surface area (Å²) in [6, 6.07) is 13.6. The van der Waals surface area contributed by atoms with Crippen molar-refractivity contribution in [2.75, 3.05) is 19.0 Å². The highest BCUT2D eigenvalue weighted by molar-refractivity contribution is 5.91. The number of carbonyl (C=O) groups is 1. The molecule has 7 heteroatoms. The number of aliphatic hydroxyl groups is 1. The summed E-state index contributed by atoms with van der Waals surface area (Å²) in [6.45, 7) is 0.241. The van der Waals surface area contributed by atoms with E-state index in [2.05, 4.69) is 20.6 Å². The number of hydrogen-bond acceptors (Lipinski definition) is 6. The van der Waals surface area contributed by atoms with E-state index in [9.17, 15) is 9.90 Å². The largest absolute Gasteiger partial charge is 0.497 e. The zero-order valence-corrected chi connectivity index (χ0v) is 18.4. The standard InChI is InChI=1S/C25H30N4O3/c1-32-20-5-6-22-21(16-20)18(10-15-26-22)7-11-25(31)12-8-19(9-13-25)28-17-24(30)29-23-4-2-3-14-27-23/h2-6,10,14-16,19,28,31H,7-9,11-13,17H2,1H3,(H,27,29,30). The molecule has 0 aliphatic heterocycles. The average molecular weight is 435 g/mol. The van der Waals surface area contributed by atoms with Crippen LogP contribution in [0, 0.1) is 0 Å². The normalized spacial score (nSPS) is 20.8. The van der Waals surface area contributed by atoms with Gasteiger partial charge in [0.15, 0.2) is 0 Å². The second-order valence-corrected chi connectivity index (χ2v) is 8.50. The zero-order chi connectivity index (χ0) is 22.4. The fourth-order valence-electron chi connectivity index (χ4n) is 4.36. The van der Waals surface area contributed by atoms with Gasteiger partial charge in [0.1, 0.15) is 11.6 Å². The van der Waals surface area contributed by atoms with Gasteiger partial charge in [-0.25, -0.2) is 4.98 Å². The van der Waals surface area contributed by atoms with Crippen LogP contribution < -0.4 is 15.4 Å². The zero-order valence-electron chi connectivity index (χ0n) is 18.4. The van der Waals surface area contributed by atoms with Crippen molar-refractivity contribution in [2.24, 2.45) is 0 Å². The Morgan fingerprint density at radius 2 is 2.00 bits per heavy atom. The predicted molar refractivity (Wildman–Crippen MR) is 125 cm³/mol. The molecule has 1 aliphatic carbocycles. The maximum atomic E-state index is 12.1. The fraction of sp³-hybridized carbons (Fsp3) is 0.400. The van der Waals surface area contributed by atoms with Crippen LogP contribution in [0.4, 0.5) is 5.82 Å². The molecule has 4 rings (SSSR count). The lowest BCUT2D eigenvalue weighted by molar-refractivity contribution is -0.115. The maximum Gasteiger partial charge on any atom is 0.239 e. The fourth-order valence-corrected chi connectivity index (χ4v) is 4.36. The lowest BCUT2D eigenvalue weighted by Crippen LogP contribution is -2.43. The van der Waals surface area contributed by atoms with Gasteiger partial charge < -0.3 is 20.5 Å². The second-order valence-electron chi connectivity index (χ2n) is 8.50. The van der Waals surface area contributed by atoms with Gasteiger partial charge in [0.2, 0.25) is 5.91 Å². The molecule has 2 aromatic heterocycles. The lowest BCUT2D eigenvalue weighted by Gasteiger charge is -2.36. The molecule has 0 atom stereocenters. The first-order valence-corrected chi connectivity index (χ1v) is 11.1. The van der Waals surface area contributed by atoms with Gasteiger partial charge in [-0.2, -0.15) is 0 Å². The molecule has 3 N–H and O–H groups in total. The van der Waals surface area contributed by atoms with E-state index in [4.69, 9.17) is 4.74 Å². The predicted octanol–water partition coefficient (Wildman–Crippen LogP) is 3.47. The van der Waals surface area contributed by atoms with Crippen LogP contribution in [0.3, 0.4) is 0 Å². The molecule has 3 aromatic rings. The van der Waals surface area contributed by atoms with Crippen LogP contribution in [0.5, 0.6) is 5.75 Å². The molecule has 1 aliphatic rings. The Hall–Kier alpha value is -3.03. The number of benzene rings is 1. The topological polar surface area (TPSA) is 96.4 Å². The van der Waals surface area contributed by atoms with Crippen LogP contribution in [-0.4, -0.2) is 46.3 Å². The van der Waals surface area contributed by atoms with Crippen LogP contribution in [0.25, 0.3) is 10.9 Å². The molecule has 2 heterocycles. The molecular formula is C25H30N4O3. The number of pyridine rings is 2. The SMILES string of the molecule is COc1ccc2nccc(CCC3(O)CCC(NCC(=O)Nc4ccccn4)CC3)c2c1. The first-order valence-electron chi connectivity index (χ1n) is 11.1. The molecule has 0 spiro atoms. The number of ether oxygens (including phenoxy) is 1. The summed E-state index contributed by atoms with van der Waals surface area (Å²) >= 11 is 0. The third-order valence-corrected chi connectivity index (χ3v) is 6.30. The van der Waals surface area contributed by atoms with Gasteiger partial charge in [-0.05, 0) is 80.5 Å².